The zero-order valence-corrected chi connectivity index (χ0v) is 12.4. The number of benzene rings is 1. The molecule has 1 heterocycles. The van der Waals surface area contributed by atoms with Crippen LogP contribution in [0.2, 0.25) is 5.15 Å². The van der Waals surface area contributed by atoms with Gasteiger partial charge < -0.3 is 10.1 Å². The Kier molecular flexibility index (Phi) is 5.18. The lowest BCUT2D eigenvalue weighted by atomic mass is 10.2. The van der Waals surface area contributed by atoms with E-state index in [2.05, 4.69) is 15.3 Å². The third-order valence-corrected chi connectivity index (χ3v) is 3.32. The van der Waals surface area contributed by atoms with E-state index in [1.807, 2.05) is 38.1 Å². The molecule has 1 aromatic heterocycles. The standard InChI is InChI=1S/C15H18ClN3O/c1-3-12-14(16)18-10-19-15(12)17-8-9-20-13-7-5-4-6-11(13)2/h4-7,10H,3,8-9H2,1-2H3,(H,17,18,19). The highest BCUT2D eigenvalue weighted by atomic mass is 35.5. The van der Waals surface area contributed by atoms with Crippen molar-refractivity contribution in [3.8, 4) is 5.75 Å². The summed E-state index contributed by atoms with van der Waals surface area (Å²) in [4.78, 5) is 8.19. The molecule has 0 atom stereocenters. The van der Waals surface area contributed by atoms with Gasteiger partial charge in [0, 0.05) is 5.56 Å². The molecular formula is C15H18ClN3O. The fourth-order valence-electron chi connectivity index (χ4n) is 1.91. The molecule has 0 amide bonds. The second-order valence-electron chi connectivity index (χ2n) is 4.39. The molecule has 2 rings (SSSR count). The molecule has 0 aliphatic rings. The third-order valence-electron chi connectivity index (χ3n) is 2.99. The molecule has 0 radical (unpaired) electrons. The van der Waals surface area contributed by atoms with Crippen molar-refractivity contribution in [3.05, 3.63) is 46.9 Å². The number of aromatic nitrogens is 2. The SMILES string of the molecule is CCc1c(Cl)ncnc1NCCOc1ccccc1C. The summed E-state index contributed by atoms with van der Waals surface area (Å²) in [7, 11) is 0. The third kappa shape index (κ3) is 3.61. The molecular weight excluding hydrogens is 274 g/mol. The van der Waals surface area contributed by atoms with E-state index in [0.717, 1.165) is 29.1 Å². The second-order valence-corrected chi connectivity index (χ2v) is 4.74. The summed E-state index contributed by atoms with van der Waals surface area (Å²) < 4.78 is 5.72. The zero-order valence-electron chi connectivity index (χ0n) is 11.7. The number of nitrogens with zero attached hydrogens (tertiary/aromatic N) is 2. The Labute approximate surface area is 124 Å². The van der Waals surface area contributed by atoms with Gasteiger partial charge in [0.2, 0.25) is 0 Å². The molecule has 0 saturated heterocycles. The Balaban J connectivity index is 1.88. The Hall–Kier alpha value is -1.81. The number of hydrogen-bond acceptors (Lipinski definition) is 4. The number of para-hydroxylation sites is 1. The van der Waals surface area contributed by atoms with Crippen LogP contribution in [0.3, 0.4) is 0 Å². The molecule has 106 valence electrons. The van der Waals surface area contributed by atoms with Gasteiger partial charge in [-0.3, -0.25) is 0 Å². The number of hydrogen-bond donors (Lipinski definition) is 1. The van der Waals surface area contributed by atoms with E-state index in [1.54, 1.807) is 0 Å². The number of rotatable bonds is 6. The van der Waals surface area contributed by atoms with Crippen molar-refractivity contribution in [3.63, 3.8) is 0 Å². The first-order valence-corrected chi connectivity index (χ1v) is 7.01. The lowest BCUT2D eigenvalue weighted by molar-refractivity contribution is 0.330. The van der Waals surface area contributed by atoms with Crippen molar-refractivity contribution in [2.24, 2.45) is 0 Å². The summed E-state index contributed by atoms with van der Waals surface area (Å²) in [5.41, 5.74) is 2.07. The fraction of sp³-hybridized carbons (Fsp3) is 0.333. The van der Waals surface area contributed by atoms with Crippen molar-refractivity contribution in [2.45, 2.75) is 20.3 Å². The van der Waals surface area contributed by atoms with Crippen LogP contribution in [0, 0.1) is 6.92 Å². The van der Waals surface area contributed by atoms with Crippen LogP contribution in [-0.2, 0) is 6.42 Å². The minimum atomic E-state index is 0.504. The van der Waals surface area contributed by atoms with E-state index < -0.39 is 0 Å². The molecule has 1 aromatic carbocycles. The van der Waals surface area contributed by atoms with Gasteiger partial charge in [-0.2, -0.15) is 0 Å². The predicted octanol–water partition coefficient (Wildman–Crippen LogP) is 3.49. The van der Waals surface area contributed by atoms with Crippen LogP contribution in [0.5, 0.6) is 5.75 Å². The maximum absolute atomic E-state index is 6.04. The molecule has 0 saturated carbocycles. The Morgan fingerprint density at radius 1 is 1.25 bits per heavy atom. The van der Waals surface area contributed by atoms with E-state index in [0.29, 0.717) is 18.3 Å². The summed E-state index contributed by atoms with van der Waals surface area (Å²) in [5, 5.41) is 3.74. The van der Waals surface area contributed by atoms with Crippen LogP contribution >= 0.6 is 11.6 Å². The van der Waals surface area contributed by atoms with Crippen LogP contribution in [0.15, 0.2) is 30.6 Å². The van der Waals surface area contributed by atoms with Gasteiger partial charge in [-0.25, -0.2) is 9.97 Å². The summed E-state index contributed by atoms with van der Waals surface area (Å²) in [6, 6.07) is 7.96. The molecule has 0 spiro atoms. The van der Waals surface area contributed by atoms with Gasteiger partial charge in [-0.1, -0.05) is 36.7 Å². The largest absolute Gasteiger partial charge is 0.491 e. The molecule has 0 bridgehead atoms. The first kappa shape index (κ1) is 14.6. The molecule has 1 N–H and O–H groups in total. The van der Waals surface area contributed by atoms with E-state index in [9.17, 15) is 0 Å². The number of aryl methyl sites for hydroxylation is 1. The number of halogens is 1. The summed E-state index contributed by atoms with van der Waals surface area (Å²) in [5.74, 6) is 1.69. The Morgan fingerprint density at radius 2 is 2.05 bits per heavy atom. The van der Waals surface area contributed by atoms with Crippen LogP contribution in [0.25, 0.3) is 0 Å². The Morgan fingerprint density at radius 3 is 2.80 bits per heavy atom. The summed E-state index contributed by atoms with van der Waals surface area (Å²) in [6.07, 6.45) is 2.26. The van der Waals surface area contributed by atoms with Crippen molar-refractivity contribution in [2.75, 3.05) is 18.5 Å². The maximum Gasteiger partial charge on any atom is 0.137 e. The van der Waals surface area contributed by atoms with Crippen LogP contribution < -0.4 is 10.1 Å². The van der Waals surface area contributed by atoms with Gasteiger partial charge in [-0.15, -0.1) is 0 Å². The van der Waals surface area contributed by atoms with Gasteiger partial charge >= 0.3 is 0 Å². The van der Waals surface area contributed by atoms with E-state index in [-0.39, 0.29) is 0 Å². The Bertz CT molecular complexity index is 575. The van der Waals surface area contributed by atoms with E-state index >= 15 is 0 Å². The van der Waals surface area contributed by atoms with Crippen LogP contribution in [0.4, 0.5) is 5.82 Å². The predicted molar refractivity (Wildman–Crippen MR) is 81.6 cm³/mol. The van der Waals surface area contributed by atoms with Crippen molar-refractivity contribution in [1.82, 2.24) is 9.97 Å². The van der Waals surface area contributed by atoms with Crippen molar-refractivity contribution in [1.29, 1.82) is 0 Å². The maximum atomic E-state index is 6.04. The highest BCUT2D eigenvalue weighted by molar-refractivity contribution is 6.30. The minimum Gasteiger partial charge on any atom is -0.491 e. The highest BCUT2D eigenvalue weighted by Crippen LogP contribution is 2.20. The number of nitrogens with one attached hydrogen (secondary N) is 1. The second kappa shape index (κ2) is 7.10. The fourth-order valence-corrected chi connectivity index (χ4v) is 2.17. The minimum absolute atomic E-state index is 0.504. The lowest BCUT2D eigenvalue weighted by Crippen LogP contribution is -2.14. The topological polar surface area (TPSA) is 47.0 Å². The monoisotopic (exact) mass is 291 g/mol. The molecule has 0 aliphatic heterocycles. The first-order chi connectivity index (χ1) is 9.72. The van der Waals surface area contributed by atoms with Gasteiger partial charge in [-0.05, 0) is 25.0 Å². The highest BCUT2D eigenvalue weighted by Gasteiger charge is 2.07. The normalized spacial score (nSPS) is 10.3. The quantitative estimate of drug-likeness (QED) is 0.654. The van der Waals surface area contributed by atoms with Crippen LogP contribution in [-0.4, -0.2) is 23.1 Å². The lowest BCUT2D eigenvalue weighted by Gasteiger charge is -2.12. The number of anilines is 1. The van der Waals surface area contributed by atoms with E-state index in [1.165, 1.54) is 6.33 Å². The summed E-state index contributed by atoms with van der Waals surface area (Å²) >= 11 is 6.04. The van der Waals surface area contributed by atoms with Gasteiger partial charge in [0.15, 0.2) is 0 Å². The smallest absolute Gasteiger partial charge is 0.137 e. The zero-order chi connectivity index (χ0) is 14.4. The molecule has 4 nitrogen and oxygen atoms in total. The molecule has 2 aromatic rings. The van der Waals surface area contributed by atoms with E-state index in [4.69, 9.17) is 16.3 Å². The molecule has 20 heavy (non-hydrogen) atoms. The molecule has 5 heteroatoms. The van der Waals surface area contributed by atoms with Gasteiger partial charge in [0.25, 0.3) is 0 Å². The molecule has 0 fully saturated rings. The molecule has 0 aliphatic carbocycles. The van der Waals surface area contributed by atoms with Gasteiger partial charge in [0.05, 0.1) is 6.54 Å². The molecule has 0 unspecified atom stereocenters. The average Bonchev–Trinajstić information content (AvgIpc) is 2.45. The van der Waals surface area contributed by atoms with Gasteiger partial charge in [0.1, 0.15) is 29.7 Å². The van der Waals surface area contributed by atoms with Crippen LogP contribution in [0.1, 0.15) is 18.1 Å². The van der Waals surface area contributed by atoms with Crippen molar-refractivity contribution < 1.29 is 4.74 Å². The summed E-state index contributed by atoms with van der Waals surface area (Å²) in [6.45, 7) is 5.28. The first-order valence-electron chi connectivity index (χ1n) is 6.64. The average molecular weight is 292 g/mol. The van der Waals surface area contributed by atoms with Crippen molar-refractivity contribution >= 4 is 17.4 Å². The number of ether oxygens (including phenoxy) is 1.